The van der Waals surface area contributed by atoms with Gasteiger partial charge in [-0.1, -0.05) is 0 Å². The standard InChI is InChI=1S/C16H14BrF2NO4/c1-22-10-4-5-12(17)11(8-10)15(21)20-9-3-6-13(23-2)14(7-9)24-16(18)19/h3-8,16H,1-2H3,(H,20,21). The third-order valence-corrected chi connectivity index (χ3v) is 3.75. The van der Waals surface area contributed by atoms with Crippen molar-refractivity contribution in [2.75, 3.05) is 19.5 Å². The summed E-state index contributed by atoms with van der Waals surface area (Å²) in [6.45, 7) is -3.00. The van der Waals surface area contributed by atoms with Crippen molar-refractivity contribution in [2.24, 2.45) is 0 Å². The second kappa shape index (κ2) is 7.96. The van der Waals surface area contributed by atoms with Crippen LogP contribution in [0.1, 0.15) is 10.4 Å². The first-order chi connectivity index (χ1) is 11.4. The molecule has 5 nitrogen and oxygen atoms in total. The number of amides is 1. The second-order valence-corrected chi connectivity index (χ2v) is 5.40. The summed E-state index contributed by atoms with van der Waals surface area (Å²) in [5.74, 6) is 0.0413. The number of carbonyl (C=O) groups excluding carboxylic acids is 1. The van der Waals surface area contributed by atoms with Gasteiger partial charge in [-0.05, 0) is 46.3 Å². The molecule has 0 aliphatic heterocycles. The average molecular weight is 402 g/mol. The molecule has 2 aromatic carbocycles. The molecule has 8 heteroatoms. The van der Waals surface area contributed by atoms with Gasteiger partial charge in [-0.3, -0.25) is 4.79 Å². The molecule has 128 valence electrons. The Balaban J connectivity index is 2.26. The summed E-state index contributed by atoms with van der Waals surface area (Å²) in [6, 6.07) is 9.13. The van der Waals surface area contributed by atoms with Gasteiger partial charge in [-0.15, -0.1) is 0 Å². The first kappa shape index (κ1) is 18.0. The van der Waals surface area contributed by atoms with Crippen molar-refractivity contribution in [1.82, 2.24) is 0 Å². The molecule has 1 N–H and O–H groups in total. The number of anilines is 1. The summed E-state index contributed by atoms with van der Waals surface area (Å²) in [5, 5.41) is 2.61. The fourth-order valence-corrected chi connectivity index (χ4v) is 2.37. The Hall–Kier alpha value is -2.35. The van der Waals surface area contributed by atoms with E-state index in [0.717, 1.165) is 0 Å². The van der Waals surface area contributed by atoms with Crippen LogP contribution in [-0.2, 0) is 0 Å². The van der Waals surface area contributed by atoms with E-state index in [1.165, 1.54) is 32.4 Å². The van der Waals surface area contributed by atoms with Crippen LogP contribution in [0.2, 0.25) is 0 Å². The number of halogens is 3. The highest BCUT2D eigenvalue weighted by Crippen LogP contribution is 2.32. The van der Waals surface area contributed by atoms with Crippen molar-refractivity contribution in [1.29, 1.82) is 0 Å². The molecule has 24 heavy (non-hydrogen) atoms. The van der Waals surface area contributed by atoms with E-state index in [-0.39, 0.29) is 17.2 Å². The number of benzene rings is 2. The van der Waals surface area contributed by atoms with E-state index in [4.69, 9.17) is 9.47 Å². The van der Waals surface area contributed by atoms with Crippen LogP contribution < -0.4 is 19.5 Å². The van der Waals surface area contributed by atoms with Gasteiger partial charge in [0.1, 0.15) is 5.75 Å². The lowest BCUT2D eigenvalue weighted by Gasteiger charge is -2.13. The van der Waals surface area contributed by atoms with Crippen LogP contribution in [0.25, 0.3) is 0 Å². The normalized spacial score (nSPS) is 10.4. The number of ether oxygens (including phenoxy) is 3. The quantitative estimate of drug-likeness (QED) is 0.782. The minimum Gasteiger partial charge on any atom is -0.497 e. The minimum atomic E-state index is -3.00. The molecule has 0 aliphatic carbocycles. The number of hydrogen-bond acceptors (Lipinski definition) is 4. The van der Waals surface area contributed by atoms with Gasteiger partial charge in [-0.25, -0.2) is 0 Å². The largest absolute Gasteiger partial charge is 0.497 e. The van der Waals surface area contributed by atoms with E-state index in [0.29, 0.717) is 15.8 Å². The molecule has 0 spiro atoms. The Morgan fingerprint density at radius 1 is 1.08 bits per heavy atom. The molecular formula is C16H14BrF2NO4. The summed E-state index contributed by atoms with van der Waals surface area (Å²) in [6.07, 6.45) is 0. The second-order valence-electron chi connectivity index (χ2n) is 4.54. The fraction of sp³-hybridized carbons (Fsp3) is 0.188. The highest BCUT2D eigenvalue weighted by Gasteiger charge is 2.15. The van der Waals surface area contributed by atoms with E-state index in [9.17, 15) is 13.6 Å². The molecule has 0 heterocycles. The van der Waals surface area contributed by atoms with Crippen LogP contribution in [0.15, 0.2) is 40.9 Å². The highest BCUT2D eigenvalue weighted by molar-refractivity contribution is 9.10. The maximum atomic E-state index is 12.4. The summed E-state index contributed by atoms with van der Waals surface area (Å²) in [4.78, 5) is 12.4. The van der Waals surface area contributed by atoms with Crippen molar-refractivity contribution < 1.29 is 27.8 Å². The molecule has 0 atom stereocenters. The molecule has 0 saturated heterocycles. The first-order valence-corrected chi connectivity index (χ1v) is 7.51. The zero-order valence-electron chi connectivity index (χ0n) is 12.8. The molecule has 0 bridgehead atoms. The maximum Gasteiger partial charge on any atom is 0.387 e. The predicted molar refractivity (Wildman–Crippen MR) is 88.3 cm³/mol. The van der Waals surface area contributed by atoms with Gasteiger partial charge in [0.25, 0.3) is 5.91 Å². The van der Waals surface area contributed by atoms with Crippen LogP contribution >= 0.6 is 15.9 Å². The zero-order chi connectivity index (χ0) is 17.7. The van der Waals surface area contributed by atoms with Crippen LogP contribution in [0.3, 0.4) is 0 Å². The Morgan fingerprint density at radius 3 is 2.46 bits per heavy atom. The first-order valence-electron chi connectivity index (χ1n) is 6.72. The molecule has 2 rings (SSSR count). The van der Waals surface area contributed by atoms with Crippen LogP contribution in [0.5, 0.6) is 17.2 Å². The predicted octanol–water partition coefficient (Wildman–Crippen LogP) is 4.32. The van der Waals surface area contributed by atoms with Gasteiger partial charge in [-0.2, -0.15) is 8.78 Å². The van der Waals surface area contributed by atoms with Crippen LogP contribution in [-0.4, -0.2) is 26.7 Å². The maximum absolute atomic E-state index is 12.4. The highest BCUT2D eigenvalue weighted by atomic mass is 79.9. The molecule has 0 fully saturated rings. The van der Waals surface area contributed by atoms with Gasteiger partial charge in [0.05, 0.1) is 19.8 Å². The van der Waals surface area contributed by atoms with Crippen LogP contribution in [0.4, 0.5) is 14.5 Å². The van der Waals surface area contributed by atoms with Gasteiger partial charge < -0.3 is 19.5 Å². The van der Waals surface area contributed by atoms with Crippen molar-refractivity contribution in [2.45, 2.75) is 6.61 Å². The number of rotatable bonds is 6. The average Bonchev–Trinajstić information content (AvgIpc) is 2.55. The molecule has 0 unspecified atom stereocenters. The van der Waals surface area contributed by atoms with Crippen molar-refractivity contribution in [3.63, 3.8) is 0 Å². The summed E-state index contributed by atoms with van der Waals surface area (Å²) < 4.78 is 39.9. The number of nitrogens with one attached hydrogen (secondary N) is 1. The minimum absolute atomic E-state index is 0.135. The lowest BCUT2D eigenvalue weighted by atomic mass is 10.2. The third-order valence-electron chi connectivity index (χ3n) is 3.06. The van der Waals surface area contributed by atoms with E-state index >= 15 is 0 Å². The molecule has 1 amide bonds. The van der Waals surface area contributed by atoms with Crippen LogP contribution in [0, 0.1) is 0 Å². The third kappa shape index (κ3) is 4.35. The molecular weight excluding hydrogens is 388 g/mol. The smallest absolute Gasteiger partial charge is 0.387 e. The van der Waals surface area contributed by atoms with Crippen molar-refractivity contribution in [3.05, 3.63) is 46.4 Å². The van der Waals surface area contributed by atoms with Gasteiger partial charge >= 0.3 is 6.61 Å². The number of alkyl halides is 2. The van der Waals surface area contributed by atoms with E-state index < -0.39 is 12.5 Å². The van der Waals surface area contributed by atoms with Gasteiger partial charge in [0.2, 0.25) is 0 Å². The van der Waals surface area contributed by atoms with Crippen molar-refractivity contribution >= 4 is 27.5 Å². The molecule has 0 aliphatic rings. The molecule has 0 saturated carbocycles. The monoisotopic (exact) mass is 401 g/mol. The molecule has 2 aromatic rings. The zero-order valence-corrected chi connectivity index (χ0v) is 14.4. The Morgan fingerprint density at radius 2 is 1.83 bits per heavy atom. The number of methoxy groups -OCH3 is 2. The molecule has 0 aromatic heterocycles. The Kier molecular flexibility index (Phi) is 5.97. The SMILES string of the molecule is COc1ccc(Br)c(C(=O)Nc2ccc(OC)c(OC(F)F)c2)c1. The van der Waals surface area contributed by atoms with Gasteiger partial charge in [0, 0.05) is 16.2 Å². The Labute approximate surface area is 145 Å². The number of carbonyl (C=O) groups is 1. The Bertz CT molecular complexity index is 740. The number of hydrogen-bond donors (Lipinski definition) is 1. The van der Waals surface area contributed by atoms with E-state index in [1.807, 2.05) is 0 Å². The summed E-state index contributed by atoms with van der Waals surface area (Å²) in [5.41, 5.74) is 0.618. The van der Waals surface area contributed by atoms with Crippen molar-refractivity contribution in [3.8, 4) is 17.2 Å². The lowest BCUT2D eigenvalue weighted by molar-refractivity contribution is -0.0511. The van der Waals surface area contributed by atoms with E-state index in [1.54, 1.807) is 18.2 Å². The van der Waals surface area contributed by atoms with Gasteiger partial charge in [0.15, 0.2) is 11.5 Å². The molecule has 0 radical (unpaired) electrons. The summed E-state index contributed by atoms with van der Waals surface area (Å²) in [7, 11) is 2.82. The topological polar surface area (TPSA) is 56.8 Å². The fourth-order valence-electron chi connectivity index (χ4n) is 1.95. The summed E-state index contributed by atoms with van der Waals surface area (Å²) >= 11 is 3.28. The lowest BCUT2D eigenvalue weighted by Crippen LogP contribution is -2.13. The van der Waals surface area contributed by atoms with E-state index in [2.05, 4.69) is 26.0 Å².